The lowest BCUT2D eigenvalue weighted by molar-refractivity contribution is -0.0920. The predicted molar refractivity (Wildman–Crippen MR) is 38.5 cm³/mol. The monoisotopic (exact) mass is 146 g/mol. The average molecular weight is 146 g/mol. The van der Waals surface area contributed by atoms with Crippen LogP contribution in [0.15, 0.2) is 0 Å². The quantitative estimate of drug-likeness (QED) is 0.592. The van der Waals surface area contributed by atoms with Gasteiger partial charge in [-0.3, -0.25) is 4.84 Å². The zero-order chi connectivity index (χ0) is 7.98. The molecule has 60 valence electrons. The molecule has 0 aliphatic carbocycles. The van der Waals surface area contributed by atoms with E-state index in [4.69, 9.17) is 4.84 Å². The van der Waals surface area contributed by atoms with Crippen molar-refractivity contribution in [3.8, 4) is 0 Å². The van der Waals surface area contributed by atoms with E-state index < -0.39 is 0 Å². The molecule has 0 aromatic heterocycles. The Labute approximate surface area is 61.1 Å². The Morgan fingerprint density at radius 2 is 2.20 bits per heavy atom. The highest BCUT2D eigenvalue weighted by atomic mass is 16.7. The molecule has 4 heteroatoms. The van der Waals surface area contributed by atoms with E-state index in [2.05, 4.69) is 5.32 Å². The number of hydrogen-bond acceptors (Lipinski definition) is 2. The fourth-order valence-corrected chi connectivity index (χ4v) is 0.515. The number of carbonyl (C=O) groups excluding carboxylic acids is 1. The fraction of sp³-hybridized carbons (Fsp3) is 0.833. The van der Waals surface area contributed by atoms with Gasteiger partial charge in [-0.05, 0) is 13.8 Å². The Hall–Kier alpha value is -0.770. The molecule has 0 radical (unpaired) electrons. The van der Waals surface area contributed by atoms with Gasteiger partial charge in [-0.1, -0.05) is 0 Å². The maximum Gasteiger partial charge on any atom is 0.341 e. The van der Waals surface area contributed by atoms with Crippen LogP contribution >= 0.6 is 0 Å². The van der Waals surface area contributed by atoms with E-state index in [1.807, 2.05) is 13.8 Å². The number of amides is 2. The molecule has 0 spiro atoms. The highest BCUT2D eigenvalue weighted by Gasteiger charge is 2.04. The Bertz CT molecular complexity index is 106. The topological polar surface area (TPSA) is 41.6 Å². The minimum atomic E-state index is -0.204. The Morgan fingerprint density at radius 3 is 2.60 bits per heavy atom. The number of hydroxylamine groups is 2. The number of urea groups is 1. The van der Waals surface area contributed by atoms with Crippen molar-refractivity contribution < 1.29 is 9.63 Å². The molecule has 0 aliphatic rings. The van der Waals surface area contributed by atoms with Crippen LogP contribution in [0.3, 0.4) is 0 Å². The number of rotatable bonds is 3. The molecule has 0 heterocycles. The summed E-state index contributed by atoms with van der Waals surface area (Å²) in [5.74, 6) is 0. The molecule has 0 unspecified atom stereocenters. The molecule has 0 saturated carbocycles. The van der Waals surface area contributed by atoms with Crippen LogP contribution < -0.4 is 5.32 Å². The second-order valence-corrected chi connectivity index (χ2v) is 1.75. The molecule has 10 heavy (non-hydrogen) atoms. The van der Waals surface area contributed by atoms with Crippen LogP contribution in [0.5, 0.6) is 0 Å². The Morgan fingerprint density at radius 1 is 1.60 bits per heavy atom. The van der Waals surface area contributed by atoms with Crippen LogP contribution in [0.4, 0.5) is 4.79 Å². The normalized spacial score (nSPS) is 9.10. The van der Waals surface area contributed by atoms with E-state index in [0.29, 0.717) is 13.2 Å². The molecule has 0 atom stereocenters. The number of nitrogens with zero attached hydrogens (tertiary/aromatic N) is 1. The van der Waals surface area contributed by atoms with Crippen LogP contribution in [0, 0.1) is 0 Å². The second kappa shape index (κ2) is 5.05. The Kier molecular flexibility index (Phi) is 4.66. The highest BCUT2D eigenvalue weighted by molar-refractivity contribution is 5.72. The zero-order valence-electron chi connectivity index (χ0n) is 6.68. The molecular weight excluding hydrogens is 132 g/mol. The van der Waals surface area contributed by atoms with Gasteiger partial charge in [-0.15, -0.1) is 0 Å². The van der Waals surface area contributed by atoms with E-state index in [-0.39, 0.29) is 6.03 Å². The van der Waals surface area contributed by atoms with Crippen LogP contribution in [0.1, 0.15) is 13.8 Å². The molecular formula is C6H14N2O2. The van der Waals surface area contributed by atoms with Crippen molar-refractivity contribution in [2.75, 3.05) is 20.2 Å². The largest absolute Gasteiger partial charge is 0.341 e. The van der Waals surface area contributed by atoms with Gasteiger partial charge in [0.05, 0.1) is 6.61 Å². The van der Waals surface area contributed by atoms with Crippen LogP contribution in [-0.4, -0.2) is 31.3 Å². The van der Waals surface area contributed by atoms with Crippen LogP contribution in [0.25, 0.3) is 0 Å². The summed E-state index contributed by atoms with van der Waals surface area (Å²) in [5.41, 5.74) is 0. The fourth-order valence-electron chi connectivity index (χ4n) is 0.515. The van der Waals surface area contributed by atoms with Gasteiger partial charge in [0.25, 0.3) is 0 Å². The van der Waals surface area contributed by atoms with E-state index in [0.717, 1.165) is 0 Å². The lowest BCUT2D eigenvalue weighted by atomic mass is 10.7. The first-order valence-corrected chi connectivity index (χ1v) is 3.36. The first-order valence-electron chi connectivity index (χ1n) is 3.36. The molecule has 0 aromatic rings. The molecule has 4 nitrogen and oxygen atoms in total. The number of hydrogen-bond donors (Lipinski definition) is 1. The summed E-state index contributed by atoms with van der Waals surface area (Å²) in [6.07, 6.45) is 0. The van der Waals surface area contributed by atoms with Crippen molar-refractivity contribution in [1.29, 1.82) is 0 Å². The van der Waals surface area contributed by atoms with E-state index in [9.17, 15) is 4.79 Å². The molecule has 1 N–H and O–H groups in total. The van der Waals surface area contributed by atoms with Crippen LogP contribution in [-0.2, 0) is 4.84 Å². The van der Waals surface area contributed by atoms with Gasteiger partial charge in [0.15, 0.2) is 0 Å². The summed E-state index contributed by atoms with van der Waals surface area (Å²) < 4.78 is 0. The minimum Gasteiger partial charge on any atom is -0.336 e. The lowest BCUT2D eigenvalue weighted by Gasteiger charge is -2.14. The van der Waals surface area contributed by atoms with Gasteiger partial charge in [0, 0.05) is 13.6 Å². The van der Waals surface area contributed by atoms with Crippen molar-refractivity contribution in [2.24, 2.45) is 0 Å². The number of nitrogens with one attached hydrogen (secondary N) is 1. The standard InChI is InChI=1S/C6H14N2O2/c1-4-7-6(9)8(3)10-5-2/h4-5H2,1-3H3,(H,7,9). The lowest BCUT2D eigenvalue weighted by Crippen LogP contribution is -2.36. The summed E-state index contributed by atoms with van der Waals surface area (Å²) >= 11 is 0. The molecule has 0 saturated heterocycles. The number of carbonyl (C=O) groups is 1. The third kappa shape index (κ3) is 3.29. The molecule has 0 aliphatic heterocycles. The van der Waals surface area contributed by atoms with Crippen molar-refractivity contribution in [3.05, 3.63) is 0 Å². The van der Waals surface area contributed by atoms with Crippen molar-refractivity contribution in [1.82, 2.24) is 10.4 Å². The Balaban J connectivity index is 3.49. The maximum absolute atomic E-state index is 10.8. The van der Waals surface area contributed by atoms with E-state index in [1.165, 1.54) is 5.06 Å². The SMILES string of the molecule is CCNC(=O)N(C)OCC. The third-order valence-electron chi connectivity index (χ3n) is 0.937. The maximum atomic E-state index is 10.8. The van der Waals surface area contributed by atoms with E-state index >= 15 is 0 Å². The second-order valence-electron chi connectivity index (χ2n) is 1.75. The van der Waals surface area contributed by atoms with Crippen molar-refractivity contribution in [3.63, 3.8) is 0 Å². The summed E-state index contributed by atoms with van der Waals surface area (Å²) in [4.78, 5) is 15.7. The summed E-state index contributed by atoms with van der Waals surface area (Å²) in [6.45, 7) is 4.82. The van der Waals surface area contributed by atoms with Gasteiger partial charge in [0.1, 0.15) is 0 Å². The van der Waals surface area contributed by atoms with Crippen molar-refractivity contribution in [2.45, 2.75) is 13.8 Å². The molecule has 0 bridgehead atoms. The first-order chi connectivity index (χ1) is 4.72. The van der Waals surface area contributed by atoms with Gasteiger partial charge in [-0.25, -0.2) is 9.86 Å². The molecule has 2 amide bonds. The van der Waals surface area contributed by atoms with Gasteiger partial charge < -0.3 is 5.32 Å². The zero-order valence-corrected chi connectivity index (χ0v) is 6.68. The molecule has 0 rings (SSSR count). The average Bonchev–Trinajstić information content (AvgIpc) is 1.89. The highest BCUT2D eigenvalue weighted by Crippen LogP contribution is 1.84. The van der Waals surface area contributed by atoms with Crippen molar-refractivity contribution >= 4 is 6.03 Å². The molecule has 0 aromatic carbocycles. The van der Waals surface area contributed by atoms with Gasteiger partial charge in [0.2, 0.25) is 0 Å². The van der Waals surface area contributed by atoms with Gasteiger partial charge >= 0.3 is 6.03 Å². The van der Waals surface area contributed by atoms with Crippen LogP contribution in [0.2, 0.25) is 0 Å². The third-order valence-corrected chi connectivity index (χ3v) is 0.937. The molecule has 0 fully saturated rings. The first kappa shape index (κ1) is 9.23. The summed E-state index contributed by atoms with van der Waals surface area (Å²) in [6, 6.07) is -0.204. The summed E-state index contributed by atoms with van der Waals surface area (Å²) in [5, 5.41) is 3.78. The van der Waals surface area contributed by atoms with E-state index in [1.54, 1.807) is 7.05 Å². The summed E-state index contributed by atoms with van der Waals surface area (Å²) in [7, 11) is 1.58. The minimum absolute atomic E-state index is 0.204. The van der Waals surface area contributed by atoms with Gasteiger partial charge in [-0.2, -0.15) is 0 Å². The predicted octanol–water partition coefficient (Wildman–Crippen LogP) is 0.599. The smallest absolute Gasteiger partial charge is 0.336 e.